The van der Waals surface area contributed by atoms with E-state index in [-0.39, 0.29) is 5.56 Å². The minimum atomic E-state index is -2.44. The Kier molecular flexibility index (Phi) is 1.23. The Balaban J connectivity index is 2.53. The van der Waals surface area contributed by atoms with Gasteiger partial charge in [-0.1, -0.05) is 18.2 Å². The van der Waals surface area contributed by atoms with Crippen LogP contribution in [0.15, 0.2) is 30.5 Å². The zero-order chi connectivity index (χ0) is 15.0. The molecule has 1 aromatic heterocycles. The van der Waals surface area contributed by atoms with Gasteiger partial charge in [-0.15, -0.1) is 0 Å². The van der Waals surface area contributed by atoms with Crippen LogP contribution in [0.5, 0.6) is 0 Å². The smallest absolute Gasteiger partial charge is 0.0456 e. The van der Waals surface area contributed by atoms with Crippen molar-refractivity contribution in [1.29, 1.82) is 0 Å². The van der Waals surface area contributed by atoms with Crippen LogP contribution in [0, 0.1) is 0 Å². The normalized spacial score (nSPS) is 19.5. The Bertz CT molecular complexity index is 590. The van der Waals surface area contributed by atoms with Gasteiger partial charge in [-0.05, 0) is 32.1 Å². The Hall–Kier alpha value is -1.28. The predicted octanol–water partition coefficient (Wildman–Crippen LogP) is 2.27. The minimum absolute atomic E-state index is 0.199. The van der Waals surface area contributed by atoms with E-state index in [2.05, 4.69) is 4.98 Å². The average molecular weight is 194 g/mol. The molecule has 2 nitrogen and oxygen atoms in total. The molecule has 0 spiro atoms. The zero-order valence-corrected chi connectivity index (χ0v) is 7.75. The highest BCUT2D eigenvalue weighted by atomic mass is 15.0. The standard InChI is InChI=1S/C12H16N2/c1-14(2)8-7-10-9-13-12-6-4-3-5-11(10)12/h3-6,9,13H,7-8H2,1-2H3/i1D,2D,7D2,8D2. The molecule has 74 valence electrons. The molecule has 2 aromatic rings. The summed E-state index contributed by atoms with van der Waals surface area (Å²) >= 11 is 0. The van der Waals surface area contributed by atoms with E-state index in [0.29, 0.717) is 5.39 Å². The van der Waals surface area contributed by atoms with E-state index in [1.54, 1.807) is 18.2 Å². The first-order valence-corrected chi connectivity index (χ1v) is 4.26. The molecule has 14 heavy (non-hydrogen) atoms. The number of hydrogen-bond donors (Lipinski definition) is 1. The van der Waals surface area contributed by atoms with Crippen LogP contribution in [0.25, 0.3) is 10.9 Å². The minimum Gasteiger partial charge on any atom is -0.361 e. The number of aromatic nitrogens is 1. The van der Waals surface area contributed by atoms with Crippen molar-refractivity contribution < 1.29 is 8.22 Å². The summed E-state index contributed by atoms with van der Waals surface area (Å²) in [7, 11) is -0.948. The van der Waals surface area contributed by atoms with Crippen molar-refractivity contribution in [2.24, 2.45) is 0 Å². The van der Waals surface area contributed by atoms with Crippen molar-refractivity contribution in [2.45, 2.75) is 6.37 Å². The summed E-state index contributed by atoms with van der Waals surface area (Å²) in [6.07, 6.45) is -0.886. The Labute approximate surface area is 93.0 Å². The number of nitrogens with zero attached hydrogens (tertiary/aromatic N) is 1. The topological polar surface area (TPSA) is 19.0 Å². The molecule has 0 aliphatic carbocycles. The van der Waals surface area contributed by atoms with Gasteiger partial charge in [-0.25, -0.2) is 0 Å². The number of hydrogen-bond acceptors (Lipinski definition) is 1. The largest absolute Gasteiger partial charge is 0.361 e. The monoisotopic (exact) mass is 194 g/mol. The van der Waals surface area contributed by atoms with E-state index in [9.17, 15) is 0 Å². The van der Waals surface area contributed by atoms with Crippen molar-refractivity contribution in [3.8, 4) is 0 Å². The fourth-order valence-corrected chi connectivity index (χ4v) is 1.31. The van der Waals surface area contributed by atoms with Crippen molar-refractivity contribution in [2.75, 3.05) is 20.5 Å². The van der Waals surface area contributed by atoms with Crippen molar-refractivity contribution in [1.82, 2.24) is 9.88 Å². The van der Waals surface area contributed by atoms with Gasteiger partial charge in [-0.2, -0.15) is 0 Å². The van der Waals surface area contributed by atoms with Crippen LogP contribution in [0.1, 0.15) is 13.8 Å². The number of H-pyrrole nitrogens is 1. The molecule has 0 bridgehead atoms. The third-order valence-electron chi connectivity index (χ3n) is 1.94. The molecule has 0 atom stereocenters. The highest BCUT2D eigenvalue weighted by Gasteiger charge is 2.02. The molecule has 0 aliphatic rings. The third-order valence-corrected chi connectivity index (χ3v) is 1.94. The van der Waals surface area contributed by atoms with Crippen LogP contribution >= 0.6 is 0 Å². The van der Waals surface area contributed by atoms with Crippen LogP contribution in [0.4, 0.5) is 0 Å². The molecule has 2 heteroatoms. The van der Waals surface area contributed by atoms with Crippen molar-refractivity contribution in [3.63, 3.8) is 0 Å². The first-order chi connectivity index (χ1) is 9.36. The van der Waals surface area contributed by atoms with Gasteiger partial charge in [0.05, 0.1) is 0 Å². The quantitative estimate of drug-likeness (QED) is 0.794. The van der Waals surface area contributed by atoms with Gasteiger partial charge in [0.15, 0.2) is 0 Å². The summed E-state index contributed by atoms with van der Waals surface area (Å²) < 4.78 is 46.9. The van der Waals surface area contributed by atoms with Gasteiger partial charge < -0.3 is 9.88 Å². The van der Waals surface area contributed by atoms with Gasteiger partial charge in [0.25, 0.3) is 0 Å². The second kappa shape index (κ2) is 3.84. The summed E-state index contributed by atoms with van der Waals surface area (Å²) in [6, 6.07) is 7.09. The van der Waals surface area contributed by atoms with E-state index in [1.807, 2.05) is 6.07 Å². The molecule has 2 rings (SSSR count). The summed E-state index contributed by atoms with van der Waals surface area (Å²) in [5.74, 6) is 0. The van der Waals surface area contributed by atoms with E-state index >= 15 is 0 Å². The predicted molar refractivity (Wildman–Crippen MR) is 60.6 cm³/mol. The summed E-state index contributed by atoms with van der Waals surface area (Å²) in [4.78, 5) is 3.76. The lowest BCUT2D eigenvalue weighted by Gasteiger charge is -2.07. The fourth-order valence-electron chi connectivity index (χ4n) is 1.31. The molecule has 0 saturated heterocycles. The van der Waals surface area contributed by atoms with E-state index in [4.69, 9.17) is 8.22 Å². The summed E-state index contributed by atoms with van der Waals surface area (Å²) in [6.45, 7) is -2.44. The number of aryl methyl sites for hydroxylation is 1. The Morgan fingerprint density at radius 2 is 2.29 bits per heavy atom. The molecule has 0 amide bonds. The average Bonchev–Trinajstić information content (AvgIpc) is 2.84. The molecule has 0 unspecified atom stereocenters. The maximum atomic E-state index is 8.17. The first kappa shape index (κ1) is 4.49. The number of aromatic amines is 1. The summed E-state index contributed by atoms with van der Waals surface area (Å²) in [5, 5.41) is 0.608. The lowest BCUT2D eigenvalue weighted by atomic mass is 10.1. The van der Waals surface area contributed by atoms with Gasteiger partial charge in [0.1, 0.15) is 0 Å². The molecule has 0 radical (unpaired) electrons. The maximum absolute atomic E-state index is 8.17. The van der Waals surface area contributed by atoms with Gasteiger partial charge >= 0.3 is 0 Å². The lowest BCUT2D eigenvalue weighted by Crippen LogP contribution is -2.14. The number of benzene rings is 1. The van der Waals surface area contributed by atoms with Crippen LogP contribution in [-0.2, 0) is 6.37 Å². The van der Waals surface area contributed by atoms with Crippen LogP contribution in [0.2, 0.25) is 0 Å². The van der Waals surface area contributed by atoms with Crippen molar-refractivity contribution >= 4 is 10.9 Å². The number of likely N-dealkylation sites (N-methyl/N-ethyl adjacent to an activating group) is 1. The van der Waals surface area contributed by atoms with Crippen LogP contribution in [0.3, 0.4) is 0 Å². The van der Waals surface area contributed by atoms with Gasteiger partial charge in [0.2, 0.25) is 0 Å². The molecular formula is C12H16N2. The molecule has 0 aliphatic heterocycles. The van der Waals surface area contributed by atoms with Gasteiger partial charge in [-0.3, -0.25) is 0 Å². The highest BCUT2D eigenvalue weighted by molar-refractivity contribution is 5.83. The fraction of sp³-hybridized carbons (Fsp3) is 0.333. The highest BCUT2D eigenvalue weighted by Crippen LogP contribution is 2.17. The number of rotatable bonds is 3. The second-order valence-electron chi connectivity index (χ2n) is 3.02. The van der Waals surface area contributed by atoms with E-state index < -0.39 is 26.9 Å². The molecule has 1 N–H and O–H groups in total. The van der Waals surface area contributed by atoms with E-state index in [0.717, 1.165) is 10.4 Å². The van der Waals surface area contributed by atoms with E-state index in [1.165, 1.54) is 6.20 Å². The SMILES string of the molecule is [2H]CN(C[2H])C([2H])([2H])C([2H])([2H])c1c[nH]c2ccccc12. The lowest BCUT2D eigenvalue weighted by molar-refractivity contribution is 0.414. The second-order valence-corrected chi connectivity index (χ2v) is 3.02. The molecular weight excluding hydrogens is 172 g/mol. The van der Waals surface area contributed by atoms with Crippen LogP contribution < -0.4 is 0 Å². The van der Waals surface area contributed by atoms with Gasteiger partial charge in [0, 0.05) is 31.8 Å². The third kappa shape index (κ3) is 1.80. The number of para-hydroxylation sites is 1. The summed E-state index contributed by atoms with van der Waals surface area (Å²) in [5.41, 5.74) is 0.926. The number of fused-ring (bicyclic) bond motifs is 1. The Morgan fingerprint density at radius 1 is 1.43 bits per heavy atom. The molecule has 0 fully saturated rings. The Morgan fingerprint density at radius 3 is 3.14 bits per heavy atom. The molecule has 0 saturated carbocycles. The molecule has 1 aromatic carbocycles. The van der Waals surface area contributed by atoms with Crippen molar-refractivity contribution in [3.05, 3.63) is 36.0 Å². The zero-order valence-electron chi connectivity index (χ0n) is 13.7. The maximum Gasteiger partial charge on any atom is 0.0456 e. The van der Waals surface area contributed by atoms with Crippen LogP contribution in [-0.4, -0.2) is 30.4 Å². The molecule has 1 heterocycles. The first-order valence-electron chi connectivity index (χ1n) is 7.67. The number of nitrogens with one attached hydrogen (secondary N) is 1.